The average molecular weight is 220 g/mol. The van der Waals surface area contributed by atoms with Crippen molar-refractivity contribution in [2.24, 2.45) is 0 Å². The van der Waals surface area contributed by atoms with E-state index >= 15 is 0 Å². The van der Waals surface area contributed by atoms with E-state index in [9.17, 15) is 0 Å². The third-order valence-electron chi connectivity index (χ3n) is 2.72. The fraction of sp³-hybridized carbons (Fsp3) is 0.571. The number of benzene rings is 1. The number of hydrogen-bond acceptors (Lipinski definition) is 2. The van der Waals surface area contributed by atoms with Crippen LogP contribution in [0.1, 0.15) is 24.0 Å². The van der Waals surface area contributed by atoms with E-state index in [4.69, 9.17) is 0 Å². The summed E-state index contributed by atoms with van der Waals surface area (Å²) in [6.45, 7) is 5.48. The molecule has 0 atom stereocenters. The summed E-state index contributed by atoms with van der Waals surface area (Å²) in [5.74, 6) is 0. The highest BCUT2D eigenvalue weighted by molar-refractivity contribution is 5.21. The molecule has 2 N–H and O–H groups in total. The summed E-state index contributed by atoms with van der Waals surface area (Å²) < 4.78 is 0. The molecule has 0 heterocycles. The van der Waals surface area contributed by atoms with Gasteiger partial charge in [0.1, 0.15) is 0 Å². The van der Waals surface area contributed by atoms with E-state index in [1.165, 1.54) is 30.4 Å². The van der Waals surface area contributed by atoms with Gasteiger partial charge in [0.05, 0.1) is 0 Å². The highest BCUT2D eigenvalue weighted by Crippen LogP contribution is 2.05. The van der Waals surface area contributed by atoms with Crippen LogP contribution in [0.15, 0.2) is 24.3 Å². The number of rotatable bonds is 8. The van der Waals surface area contributed by atoms with Crippen molar-refractivity contribution in [1.29, 1.82) is 0 Å². The van der Waals surface area contributed by atoms with Gasteiger partial charge in [-0.1, -0.05) is 29.8 Å². The largest absolute Gasteiger partial charge is 0.320 e. The summed E-state index contributed by atoms with van der Waals surface area (Å²) in [6, 6.07) is 8.85. The molecule has 2 nitrogen and oxygen atoms in total. The maximum absolute atomic E-state index is 3.46. The summed E-state index contributed by atoms with van der Waals surface area (Å²) in [4.78, 5) is 0. The van der Waals surface area contributed by atoms with Gasteiger partial charge >= 0.3 is 0 Å². The van der Waals surface area contributed by atoms with Crippen LogP contribution in [0.5, 0.6) is 0 Å². The van der Waals surface area contributed by atoms with Crippen molar-refractivity contribution in [3.05, 3.63) is 35.4 Å². The minimum absolute atomic E-state index is 1.10. The SMILES string of the molecule is CNCCCNCCCc1ccc(C)cc1. The fourth-order valence-corrected chi connectivity index (χ4v) is 1.69. The zero-order chi connectivity index (χ0) is 11.6. The van der Waals surface area contributed by atoms with Crippen molar-refractivity contribution in [3.63, 3.8) is 0 Å². The first-order chi connectivity index (χ1) is 7.83. The van der Waals surface area contributed by atoms with Gasteiger partial charge in [-0.25, -0.2) is 0 Å². The van der Waals surface area contributed by atoms with Crippen LogP contribution in [0.2, 0.25) is 0 Å². The van der Waals surface area contributed by atoms with Crippen LogP contribution in [0.25, 0.3) is 0 Å². The minimum atomic E-state index is 1.10. The Morgan fingerprint density at radius 1 is 0.938 bits per heavy atom. The lowest BCUT2D eigenvalue weighted by Crippen LogP contribution is -2.21. The Labute approximate surface area is 99.5 Å². The Kier molecular flexibility index (Phi) is 6.86. The number of nitrogens with one attached hydrogen (secondary N) is 2. The summed E-state index contributed by atoms with van der Waals surface area (Å²) in [6.07, 6.45) is 3.61. The first-order valence-electron chi connectivity index (χ1n) is 6.24. The minimum Gasteiger partial charge on any atom is -0.320 e. The molecular weight excluding hydrogens is 196 g/mol. The quantitative estimate of drug-likeness (QED) is 0.656. The van der Waals surface area contributed by atoms with E-state index in [1.807, 2.05) is 7.05 Å². The molecular formula is C14H24N2. The Morgan fingerprint density at radius 3 is 2.31 bits per heavy atom. The van der Waals surface area contributed by atoms with Crippen LogP contribution >= 0.6 is 0 Å². The van der Waals surface area contributed by atoms with Crippen LogP contribution in [-0.2, 0) is 6.42 Å². The Hall–Kier alpha value is -0.860. The van der Waals surface area contributed by atoms with Gasteiger partial charge in [0.2, 0.25) is 0 Å². The third kappa shape index (κ3) is 5.89. The second-order valence-corrected chi connectivity index (χ2v) is 4.30. The average Bonchev–Trinajstić information content (AvgIpc) is 2.30. The van der Waals surface area contributed by atoms with Gasteiger partial charge < -0.3 is 10.6 Å². The van der Waals surface area contributed by atoms with Gasteiger partial charge in [-0.3, -0.25) is 0 Å². The molecule has 0 aliphatic carbocycles. The van der Waals surface area contributed by atoms with Gasteiger partial charge in [0.25, 0.3) is 0 Å². The van der Waals surface area contributed by atoms with Gasteiger partial charge in [-0.2, -0.15) is 0 Å². The second kappa shape index (κ2) is 8.31. The standard InChI is InChI=1S/C14H24N2/c1-13-6-8-14(9-7-13)5-3-11-16-12-4-10-15-2/h6-9,15-16H,3-5,10-12H2,1-2H3. The topological polar surface area (TPSA) is 24.1 Å². The molecule has 0 bridgehead atoms. The molecule has 16 heavy (non-hydrogen) atoms. The third-order valence-corrected chi connectivity index (χ3v) is 2.72. The second-order valence-electron chi connectivity index (χ2n) is 4.30. The maximum atomic E-state index is 3.46. The van der Waals surface area contributed by atoms with E-state index in [-0.39, 0.29) is 0 Å². The molecule has 0 saturated heterocycles. The zero-order valence-corrected chi connectivity index (χ0v) is 10.6. The maximum Gasteiger partial charge on any atom is -0.00368 e. The van der Waals surface area contributed by atoms with Crippen molar-refractivity contribution < 1.29 is 0 Å². The van der Waals surface area contributed by atoms with E-state index < -0.39 is 0 Å². The summed E-state index contributed by atoms with van der Waals surface area (Å²) in [5.41, 5.74) is 2.79. The molecule has 0 aliphatic heterocycles. The fourth-order valence-electron chi connectivity index (χ4n) is 1.69. The summed E-state index contributed by atoms with van der Waals surface area (Å²) in [7, 11) is 2.00. The molecule has 0 aromatic heterocycles. The molecule has 1 aromatic carbocycles. The van der Waals surface area contributed by atoms with E-state index in [0.29, 0.717) is 0 Å². The highest BCUT2D eigenvalue weighted by atomic mass is 14.9. The van der Waals surface area contributed by atoms with Gasteiger partial charge in [-0.15, -0.1) is 0 Å². The van der Waals surface area contributed by atoms with Crippen molar-refractivity contribution >= 4 is 0 Å². The first-order valence-corrected chi connectivity index (χ1v) is 6.24. The molecule has 0 amide bonds. The van der Waals surface area contributed by atoms with Crippen LogP contribution in [-0.4, -0.2) is 26.7 Å². The van der Waals surface area contributed by atoms with E-state index in [0.717, 1.165) is 19.6 Å². The number of hydrogen-bond donors (Lipinski definition) is 2. The van der Waals surface area contributed by atoms with Crippen LogP contribution < -0.4 is 10.6 Å². The van der Waals surface area contributed by atoms with Crippen LogP contribution in [0.4, 0.5) is 0 Å². The predicted molar refractivity (Wildman–Crippen MR) is 70.9 cm³/mol. The predicted octanol–water partition coefficient (Wildman–Crippen LogP) is 2.13. The van der Waals surface area contributed by atoms with Crippen molar-refractivity contribution in [2.75, 3.05) is 26.7 Å². The molecule has 0 aliphatic rings. The lowest BCUT2D eigenvalue weighted by Gasteiger charge is -2.05. The van der Waals surface area contributed by atoms with Crippen molar-refractivity contribution in [3.8, 4) is 0 Å². The van der Waals surface area contributed by atoms with Crippen molar-refractivity contribution in [2.45, 2.75) is 26.2 Å². The van der Waals surface area contributed by atoms with Gasteiger partial charge in [0, 0.05) is 0 Å². The smallest absolute Gasteiger partial charge is 0.00368 e. The molecule has 1 rings (SSSR count). The van der Waals surface area contributed by atoms with Crippen LogP contribution in [0.3, 0.4) is 0 Å². The molecule has 2 heteroatoms. The monoisotopic (exact) mass is 220 g/mol. The van der Waals surface area contributed by atoms with Gasteiger partial charge in [0.15, 0.2) is 0 Å². The molecule has 90 valence electrons. The Morgan fingerprint density at radius 2 is 1.62 bits per heavy atom. The summed E-state index contributed by atoms with van der Waals surface area (Å²) in [5, 5.41) is 6.61. The number of aryl methyl sites for hydroxylation is 2. The van der Waals surface area contributed by atoms with E-state index in [2.05, 4.69) is 41.8 Å². The van der Waals surface area contributed by atoms with Gasteiger partial charge in [-0.05, 0) is 58.4 Å². The molecule has 0 fully saturated rings. The lowest BCUT2D eigenvalue weighted by atomic mass is 10.1. The zero-order valence-electron chi connectivity index (χ0n) is 10.6. The van der Waals surface area contributed by atoms with Crippen molar-refractivity contribution in [1.82, 2.24) is 10.6 Å². The first kappa shape index (κ1) is 13.2. The Balaban J connectivity index is 2.01. The highest BCUT2D eigenvalue weighted by Gasteiger charge is 1.93. The molecule has 1 aromatic rings. The lowest BCUT2D eigenvalue weighted by molar-refractivity contribution is 0.606. The molecule has 0 saturated carbocycles. The normalized spacial score (nSPS) is 10.6. The molecule has 0 radical (unpaired) electrons. The Bertz CT molecular complexity index is 267. The molecule has 0 spiro atoms. The summed E-state index contributed by atoms with van der Waals surface area (Å²) >= 11 is 0. The van der Waals surface area contributed by atoms with Crippen LogP contribution in [0, 0.1) is 6.92 Å². The van der Waals surface area contributed by atoms with E-state index in [1.54, 1.807) is 0 Å². The molecule has 0 unspecified atom stereocenters.